The maximum absolute atomic E-state index is 10.8. The van der Waals surface area contributed by atoms with Gasteiger partial charge in [0, 0.05) is 15.9 Å². The van der Waals surface area contributed by atoms with Crippen LogP contribution >= 0.6 is 31.9 Å². The molecular weight excluding hydrogens is 428 g/mol. The Labute approximate surface area is 152 Å². The van der Waals surface area contributed by atoms with Crippen LogP contribution in [0.1, 0.15) is 6.92 Å². The lowest BCUT2D eigenvalue weighted by atomic mass is 10.3. The average molecular weight is 446 g/mol. The molecule has 0 radical (unpaired) electrons. The first kappa shape index (κ1) is 19.3. The van der Waals surface area contributed by atoms with Crippen molar-refractivity contribution >= 4 is 49.1 Å². The summed E-state index contributed by atoms with van der Waals surface area (Å²) in [6, 6.07) is 10.9. The fraction of sp³-hybridized carbons (Fsp3) is 0.188. The van der Waals surface area contributed by atoms with Crippen LogP contribution in [0.3, 0.4) is 0 Å². The Bertz CT molecular complexity index is 678. The summed E-state index contributed by atoms with van der Waals surface area (Å²) in [5, 5.41) is 2.67. The second kappa shape index (κ2) is 9.42. The highest BCUT2D eigenvalue weighted by Crippen LogP contribution is 2.27. The first-order valence-corrected chi connectivity index (χ1v) is 8.16. The molecule has 0 fully saturated rings. The van der Waals surface area contributed by atoms with Crippen LogP contribution in [0.5, 0.6) is 11.5 Å². The molecule has 7 heteroatoms. The summed E-state index contributed by atoms with van der Waals surface area (Å²) in [5.41, 5.74) is 6.90. The second-order valence-corrected chi connectivity index (χ2v) is 6.24. The van der Waals surface area contributed by atoms with Crippen LogP contribution in [-0.4, -0.2) is 20.1 Å². The summed E-state index contributed by atoms with van der Waals surface area (Å²) >= 11 is 6.60. The zero-order valence-corrected chi connectivity index (χ0v) is 16.2. The quantitative estimate of drug-likeness (QED) is 0.684. The monoisotopic (exact) mass is 444 g/mol. The van der Waals surface area contributed by atoms with Crippen LogP contribution < -0.4 is 20.5 Å². The second-order valence-electron chi connectivity index (χ2n) is 4.41. The molecule has 2 rings (SSSR count). The average Bonchev–Trinajstić information content (AvgIpc) is 2.47. The third-order valence-corrected chi connectivity index (χ3v) is 3.65. The molecule has 2 aromatic carbocycles. The van der Waals surface area contributed by atoms with E-state index in [1.165, 1.54) is 6.92 Å². The molecule has 23 heavy (non-hydrogen) atoms. The first-order valence-electron chi connectivity index (χ1n) is 6.57. The molecule has 3 N–H and O–H groups in total. The maximum Gasteiger partial charge on any atom is 0.221 e. The molecule has 0 aromatic heterocycles. The van der Waals surface area contributed by atoms with Crippen LogP contribution in [0.4, 0.5) is 11.4 Å². The highest BCUT2D eigenvalue weighted by Gasteiger charge is 2.04. The van der Waals surface area contributed by atoms with Gasteiger partial charge >= 0.3 is 0 Å². The minimum Gasteiger partial charge on any atom is -0.495 e. The van der Waals surface area contributed by atoms with Crippen molar-refractivity contribution in [2.75, 3.05) is 25.3 Å². The van der Waals surface area contributed by atoms with E-state index >= 15 is 0 Å². The molecule has 0 saturated heterocycles. The van der Waals surface area contributed by atoms with E-state index < -0.39 is 0 Å². The molecule has 5 nitrogen and oxygen atoms in total. The molecule has 0 spiro atoms. The Balaban J connectivity index is 0.000000238. The predicted molar refractivity (Wildman–Crippen MR) is 100 cm³/mol. The van der Waals surface area contributed by atoms with Crippen molar-refractivity contribution in [2.45, 2.75) is 6.92 Å². The summed E-state index contributed by atoms with van der Waals surface area (Å²) in [6.07, 6.45) is 0. The van der Waals surface area contributed by atoms with E-state index in [4.69, 9.17) is 15.2 Å². The Morgan fingerprint density at radius 1 is 1.00 bits per heavy atom. The lowest BCUT2D eigenvalue weighted by Gasteiger charge is -2.08. The lowest BCUT2D eigenvalue weighted by molar-refractivity contribution is -0.114. The van der Waals surface area contributed by atoms with Crippen LogP contribution in [0.15, 0.2) is 45.3 Å². The maximum atomic E-state index is 10.8. The van der Waals surface area contributed by atoms with Gasteiger partial charge in [0.1, 0.15) is 11.5 Å². The third-order valence-electron chi connectivity index (χ3n) is 2.66. The number of hydrogen-bond donors (Lipinski definition) is 2. The van der Waals surface area contributed by atoms with Crippen LogP contribution in [0, 0.1) is 0 Å². The smallest absolute Gasteiger partial charge is 0.221 e. The zero-order valence-electron chi connectivity index (χ0n) is 13.0. The number of nitrogens with two attached hydrogens (primary N) is 1. The molecule has 0 heterocycles. The highest BCUT2D eigenvalue weighted by molar-refractivity contribution is 9.10. The van der Waals surface area contributed by atoms with E-state index in [1.54, 1.807) is 32.4 Å². The van der Waals surface area contributed by atoms with E-state index in [2.05, 4.69) is 37.2 Å². The number of nitrogens with one attached hydrogen (secondary N) is 1. The number of benzene rings is 2. The topological polar surface area (TPSA) is 73.6 Å². The summed E-state index contributed by atoms with van der Waals surface area (Å²) in [7, 11) is 3.16. The van der Waals surface area contributed by atoms with E-state index in [-0.39, 0.29) is 5.91 Å². The molecule has 0 saturated carbocycles. The van der Waals surface area contributed by atoms with Gasteiger partial charge in [-0.1, -0.05) is 31.9 Å². The fourth-order valence-corrected chi connectivity index (χ4v) is 2.41. The van der Waals surface area contributed by atoms with Gasteiger partial charge in [-0.2, -0.15) is 0 Å². The van der Waals surface area contributed by atoms with E-state index in [0.29, 0.717) is 22.9 Å². The standard InChI is InChI=1S/C9H10BrNO2.C7H8BrNO/c1-6(12)11-8-5-7(10)3-4-9(8)13-2;1-10-7-3-2-5(8)4-6(7)9/h3-5H,1-2H3,(H,11,12);2-4H,9H2,1H3. The van der Waals surface area contributed by atoms with E-state index in [9.17, 15) is 4.79 Å². The number of nitrogen functional groups attached to an aromatic ring is 1. The van der Waals surface area contributed by atoms with E-state index in [1.807, 2.05) is 18.2 Å². The first-order chi connectivity index (χ1) is 10.9. The number of rotatable bonds is 3. The van der Waals surface area contributed by atoms with Crippen LogP contribution in [-0.2, 0) is 4.79 Å². The van der Waals surface area contributed by atoms with Crippen molar-refractivity contribution in [3.8, 4) is 11.5 Å². The predicted octanol–water partition coefficient (Wildman–Crippen LogP) is 4.46. The largest absolute Gasteiger partial charge is 0.495 e. The van der Waals surface area contributed by atoms with Crippen LogP contribution in [0.2, 0.25) is 0 Å². The van der Waals surface area contributed by atoms with Crippen molar-refractivity contribution < 1.29 is 14.3 Å². The van der Waals surface area contributed by atoms with Gasteiger partial charge in [0.25, 0.3) is 0 Å². The summed E-state index contributed by atoms with van der Waals surface area (Å²) < 4.78 is 11.9. The number of amides is 1. The summed E-state index contributed by atoms with van der Waals surface area (Å²) in [4.78, 5) is 10.8. The number of ether oxygens (including phenoxy) is 2. The molecule has 2 aromatic rings. The van der Waals surface area contributed by atoms with Gasteiger partial charge < -0.3 is 20.5 Å². The number of carbonyl (C=O) groups is 1. The normalized spacial score (nSPS) is 9.43. The summed E-state index contributed by atoms with van der Waals surface area (Å²) in [5.74, 6) is 1.25. The summed E-state index contributed by atoms with van der Waals surface area (Å²) in [6.45, 7) is 1.46. The molecular formula is C16H18Br2N2O3. The van der Waals surface area contributed by atoms with Gasteiger partial charge in [-0.15, -0.1) is 0 Å². The third kappa shape index (κ3) is 6.50. The molecule has 0 bridgehead atoms. The van der Waals surface area contributed by atoms with Crippen molar-refractivity contribution in [2.24, 2.45) is 0 Å². The number of halogens is 2. The molecule has 0 unspecified atom stereocenters. The molecule has 0 aliphatic rings. The van der Waals surface area contributed by atoms with Gasteiger partial charge in [-0.05, 0) is 36.4 Å². The molecule has 0 aliphatic carbocycles. The number of anilines is 2. The highest BCUT2D eigenvalue weighted by atomic mass is 79.9. The van der Waals surface area contributed by atoms with Gasteiger partial charge in [0.15, 0.2) is 0 Å². The molecule has 0 atom stereocenters. The lowest BCUT2D eigenvalue weighted by Crippen LogP contribution is -2.06. The Hall–Kier alpha value is -1.73. The van der Waals surface area contributed by atoms with Crippen molar-refractivity contribution in [3.63, 3.8) is 0 Å². The van der Waals surface area contributed by atoms with E-state index in [0.717, 1.165) is 8.95 Å². The Kier molecular flexibility index (Phi) is 7.91. The van der Waals surface area contributed by atoms with Gasteiger partial charge in [0.2, 0.25) is 5.91 Å². The van der Waals surface area contributed by atoms with Gasteiger partial charge in [0.05, 0.1) is 25.6 Å². The fourth-order valence-electron chi connectivity index (χ4n) is 1.67. The number of carbonyl (C=O) groups excluding carboxylic acids is 1. The number of hydrogen-bond acceptors (Lipinski definition) is 4. The van der Waals surface area contributed by atoms with Gasteiger partial charge in [-0.3, -0.25) is 4.79 Å². The van der Waals surface area contributed by atoms with Gasteiger partial charge in [-0.25, -0.2) is 0 Å². The minimum absolute atomic E-state index is 0.114. The van der Waals surface area contributed by atoms with Crippen molar-refractivity contribution in [3.05, 3.63) is 45.3 Å². The molecule has 0 aliphatic heterocycles. The SMILES string of the molecule is COc1ccc(Br)cc1N.COc1ccc(Br)cc1NC(C)=O. The van der Waals surface area contributed by atoms with Crippen molar-refractivity contribution in [1.29, 1.82) is 0 Å². The minimum atomic E-state index is -0.114. The van der Waals surface area contributed by atoms with Crippen LogP contribution in [0.25, 0.3) is 0 Å². The Morgan fingerprint density at radius 2 is 1.52 bits per heavy atom. The zero-order chi connectivity index (χ0) is 17.4. The number of methoxy groups -OCH3 is 2. The van der Waals surface area contributed by atoms with Crippen molar-refractivity contribution in [1.82, 2.24) is 0 Å². The molecule has 124 valence electrons. The molecule has 1 amide bonds. The Morgan fingerprint density at radius 3 is 2.00 bits per heavy atom.